The van der Waals surface area contributed by atoms with Crippen molar-refractivity contribution in [3.63, 3.8) is 0 Å². The number of hydrogen-bond donors (Lipinski definition) is 2. The molecule has 0 saturated carbocycles. The van der Waals surface area contributed by atoms with E-state index in [0.29, 0.717) is 11.3 Å². The molecule has 2 aliphatic rings. The summed E-state index contributed by atoms with van der Waals surface area (Å²) in [6, 6.07) is 4.46. The van der Waals surface area contributed by atoms with E-state index in [-0.39, 0.29) is 19.0 Å². The van der Waals surface area contributed by atoms with Crippen molar-refractivity contribution in [3.05, 3.63) is 23.8 Å². The van der Waals surface area contributed by atoms with E-state index >= 15 is 0 Å². The number of nitrogens with one attached hydrogen (secondary N) is 1. The third-order valence-corrected chi connectivity index (χ3v) is 4.84. The van der Waals surface area contributed by atoms with Crippen LogP contribution in [0.15, 0.2) is 18.2 Å². The van der Waals surface area contributed by atoms with Gasteiger partial charge in [-0.2, -0.15) is 0 Å². The fourth-order valence-electron chi connectivity index (χ4n) is 3.34. The minimum absolute atomic E-state index is 0.122. The molecule has 2 heterocycles. The van der Waals surface area contributed by atoms with E-state index in [1.807, 2.05) is 0 Å². The number of carbonyl (C=O) groups is 4. The molecule has 144 valence electrons. The zero-order valence-corrected chi connectivity index (χ0v) is 15.2. The van der Waals surface area contributed by atoms with Crippen LogP contribution in [-0.4, -0.2) is 66.8 Å². The zero-order chi connectivity index (χ0) is 19.6. The molecule has 0 aliphatic carbocycles. The number of likely N-dealkylation sites (N-methyl/N-ethyl adjacent to an activating group) is 1. The van der Waals surface area contributed by atoms with Crippen molar-refractivity contribution >= 4 is 35.1 Å². The fourth-order valence-corrected chi connectivity index (χ4v) is 3.34. The number of imide groups is 1. The van der Waals surface area contributed by atoms with Crippen molar-refractivity contribution < 1.29 is 19.2 Å². The van der Waals surface area contributed by atoms with E-state index in [0.717, 1.165) is 42.9 Å². The fraction of sp³-hybridized carbons (Fsp3) is 0.444. The van der Waals surface area contributed by atoms with E-state index in [1.165, 1.54) is 11.9 Å². The zero-order valence-electron chi connectivity index (χ0n) is 15.2. The Morgan fingerprint density at radius 1 is 1.15 bits per heavy atom. The number of urea groups is 1. The average molecular weight is 373 g/mol. The average Bonchev–Trinajstić information content (AvgIpc) is 2.89. The predicted octanol–water partition coefficient (Wildman–Crippen LogP) is 0.608. The normalized spacial score (nSPS) is 17.4. The van der Waals surface area contributed by atoms with Crippen molar-refractivity contribution in [1.29, 1.82) is 0 Å². The number of primary amides is 1. The van der Waals surface area contributed by atoms with Gasteiger partial charge in [-0.25, -0.2) is 4.79 Å². The van der Waals surface area contributed by atoms with Gasteiger partial charge in [0, 0.05) is 25.7 Å². The summed E-state index contributed by atoms with van der Waals surface area (Å²) in [6.07, 6.45) is 3.28. The first-order valence-corrected chi connectivity index (χ1v) is 8.91. The Labute approximate surface area is 157 Å². The quantitative estimate of drug-likeness (QED) is 0.734. The minimum atomic E-state index is -0.586. The number of rotatable bonds is 5. The van der Waals surface area contributed by atoms with Crippen LogP contribution in [0.4, 0.5) is 16.2 Å². The third-order valence-electron chi connectivity index (χ3n) is 4.84. The van der Waals surface area contributed by atoms with Crippen LogP contribution >= 0.6 is 0 Å². The van der Waals surface area contributed by atoms with E-state index in [4.69, 9.17) is 5.73 Å². The summed E-state index contributed by atoms with van der Waals surface area (Å²) in [7, 11) is 1.38. The highest BCUT2D eigenvalue weighted by molar-refractivity contribution is 6.05. The lowest BCUT2D eigenvalue weighted by Crippen LogP contribution is -2.37. The molecule has 9 heteroatoms. The highest BCUT2D eigenvalue weighted by Gasteiger charge is 2.34. The number of nitrogens with two attached hydrogens (primary N) is 1. The number of nitrogens with zero attached hydrogens (tertiary/aromatic N) is 3. The lowest BCUT2D eigenvalue weighted by atomic mass is 10.1. The maximum absolute atomic E-state index is 12.5. The van der Waals surface area contributed by atoms with Crippen LogP contribution in [0.25, 0.3) is 0 Å². The summed E-state index contributed by atoms with van der Waals surface area (Å²) < 4.78 is 0. The smallest absolute Gasteiger partial charge is 0.327 e. The first-order valence-electron chi connectivity index (χ1n) is 8.91. The molecule has 2 fully saturated rings. The lowest BCUT2D eigenvalue weighted by molar-refractivity contribution is -0.124. The molecule has 2 aliphatic heterocycles. The van der Waals surface area contributed by atoms with Gasteiger partial charge in [-0.1, -0.05) is 0 Å². The molecule has 9 nitrogen and oxygen atoms in total. The molecule has 0 radical (unpaired) electrons. The second kappa shape index (κ2) is 7.65. The molecule has 0 aromatic heterocycles. The third kappa shape index (κ3) is 4.02. The molecular weight excluding hydrogens is 350 g/mol. The van der Waals surface area contributed by atoms with Crippen LogP contribution in [0.3, 0.4) is 0 Å². The van der Waals surface area contributed by atoms with Gasteiger partial charge in [-0.05, 0) is 37.5 Å². The summed E-state index contributed by atoms with van der Waals surface area (Å²) in [5.74, 6) is -1.37. The Hall–Kier alpha value is -3.10. The van der Waals surface area contributed by atoms with Gasteiger partial charge >= 0.3 is 6.03 Å². The molecule has 5 amide bonds. The molecule has 0 atom stereocenters. The maximum Gasteiger partial charge on any atom is 0.327 e. The SMILES string of the molecule is CN1C(=O)CN(CC(=O)Nc2cc(C(N)=O)ccc2N2CCCCC2)C1=O. The van der Waals surface area contributed by atoms with Gasteiger partial charge in [0.15, 0.2) is 0 Å². The van der Waals surface area contributed by atoms with Crippen LogP contribution in [0.5, 0.6) is 0 Å². The number of carbonyl (C=O) groups excluding carboxylic acids is 4. The lowest BCUT2D eigenvalue weighted by Gasteiger charge is -2.31. The van der Waals surface area contributed by atoms with Crippen molar-refractivity contribution in [3.8, 4) is 0 Å². The molecule has 0 spiro atoms. The molecule has 3 N–H and O–H groups in total. The summed E-state index contributed by atoms with van der Waals surface area (Å²) in [5, 5.41) is 2.77. The minimum Gasteiger partial charge on any atom is -0.370 e. The standard InChI is InChI=1S/C18H23N5O4/c1-21-16(25)11-23(18(21)27)10-15(24)20-13-9-12(17(19)26)5-6-14(13)22-7-3-2-4-8-22/h5-6,9H,2-4,7-8,10-11H2,1H3,(H2,19,26)(H,20,24). The van der Waals surface area contributed by atoms with Crippen LogP contribution < -0.4 is 16.0 Å². The Morgan fingerprint density at radius 3 is 2.44 bits per heavy atom. The van der Waals surface area contributed by atoms with Gasteiger partial charge in [0.1, 0.15) is 13.1 Å². The van der Waals surface area contributed by atoms with Gasteiger partial charge in [0.2, 0.25) is 17.7 Å². The molecule has 2 saturated heterocycles. The van der Waals surface area contributed by atoms with Gasteiger partial charge in [0.05, 0.1) is 11.4 Å². The Bertz CT molecular complexity index is 788. The van der Waals surface area contributed by atoms with E-state index in [1.54, 1.807) is 18.2 Å². The highest BCUT2D eigenvalue weighted by Crippen LogP contribution is 2.29. The van der Waals surface area contributed by atoms with E-state index in [2.05, 4.69) is 10.2 Å². The highest BCUT2D eigenvalue weighted by atomic mass is 16.2. The number of hydrogen-bond acceptors (Lipinski definition) is 5. The summed E-state index contributed by atoms with van der Waals surface area (Å²) in [5.41, 5.74) is 6.94. The van der Waals surface area contributed by atoms with Crippen LogP contribution in [0, 0.1) is 0 Å². The number of anilines is 2. The van der Waals surface area contributed by atoms with Crippen molar-refractivity contribution in [2.24, 2.45) is 5.73 Å². The van der Waals surface area contributed by atoms with Gasteiger partial charge in [-0.3, -0.25) is 19.3 Å². The maximum atomic E-state index is 12.5. The number of benzene rings is 1. The summed E-state index contributed by atoms with van der Waals surface area (Å²) in [4.78, 5) is 51.8. The van der Waals surface area contributed by atoms with Crippen molar-refractivity contribution in [1.82, 2.24) is 9.80 Å². The Kier molecular flexibility index (Phi) is 5.29. The van der Waals surface area contributed by atoms with Crippen LogP contribution in [-0.2, 0) is 9.59 Å². The first kappa shape index (κ1) is 18.7. The molecule has 27 heavy (non-hydrogen) atoms. The molecule has 1 aromatic rings. The van der Waals surface area contributed by atoms with Gasteiger partial charge in [-0.15, -0.1) is 0 Å². The number of piperidine rings is 1. The van der Waals surface area contributed by atoms with Crippen molar-refractivity contribution in [2.75, 3.05) is 43.4 Å². The van der Waals surface area contributed by atoms with Gasteiger partial charge in [0.25, 0.3) is 0 Å². The summed E-state index contributed by atoms with van der Waals surface area (Å²) in [6.45, 7) is 1.36. The second-order valence-corrected chi connectivity index (χ2v) is 6.78. The van der Waals surface area contributed by atoms with Gasteiger partial charge < -0.3 is 20.9 Å². The monoisotopic (exact) mass is 373 g/mol. The largest absolute Gasteiger partial charge is 0.370 e. The first-order chi connectivity index (χ1) is 12.9. The van der Waals surface area contributed by atoms with Crippen LogP contribution in [0.2, 0.25) is 0 Å². The molecule has 3 rings (SSSR count). The predicted molar refractivity (Wildman–Crippen MR) is 99.4 cm³/mol. The molecule has 0 bridgehead atoms. The van der Waals surface area contributed by atoms with Crippen molar-refractivity contribution in [2.45, 2.75) is 19.3 Å². The Morgan fingerprint density at radius 2 is 1.85 bits per heavy atom. The second-order valence-electron chi connectivity index (χ2n) is 6.78. The molecule has 0 unspecified atom stereocenters. The summed E-state index contributed by atoms with van der Waals surface area (Å²) >= 11 is 0. The molecular formula is C18H23N5O4. The van der Waals surface area contributed by atoms with E-state index in [9.17, 15) is 19.2 Å². The topological polar surface area (TPSA) is 116 Å². The van der Waals surface area contributed by atoms with Crippen LogP contribution in [0.1, 0.15) is 29.6 Å². The Balaban J connectivity index is 1.78. The van der Waals surface area contributed by atoms with E-state index < -0.39 is 17.8 Å². The molecule has 1 aromatic carbocycles. The number of amides is 5.